The van der Waals surface area contributed by atoms with Crippen LogP contribution in [0.15, 0.2) is 28.0 Å². The minimum atomic E-state index is 0. The number of guanidine groups is 1. The lowest BCUT2D eigenvalue weighted by atomic mass is 10.3. The third-order valence-electron chi connectivity index (χ3n) is 2.36. The van der Waals surface area contributed by atoms with E-state index in [1.54, 1.807) is 29.7 Å². The fourth-order valence-corrected chi connectivity index (χ4v) is 2.86. The molecule has 0 spiro atoms. The molecule has 2 aromatic heterocycles. The summed E-state index contributed by atoms with van der Waals surface area (Å²) in [5, 5.41) is 11.9. The van der Waals surface area contributed by atoms with Gasteiger partial charge < -0.3 is 10.6 Å². The molecule has 7 heteroatoms. The number of halogens is 1. The van der Waals surface area contributed by atoms with Crippen LogP contribution in [0.3, 0.4) is 0 Å². The minimum absolute atomic E-state index is 0. The lowest BCUT2D eigenvalue weighted by Gasteiger charge is -2.10. The van der Waals surface area contributed by atoms with Gasteiger partial charge in [-0.1, -0.05) is 0 Å². The molecule has 0 fully saturated rings. The van der Waals surface area contributed by atoms with E-state index >= 15 is 0 Å². The Labute approximate surface area is 138 Å². The molecule has 0 bridgehead atoms. The Balaban J connectivity index is 0.00000180. The third-order valence-corrected chi connectivity index (χ3v) is 4.01. The molecular weight excluding hydrogens is 391 g/mol. The monoisotopic (exact) mass is 408 g/mol. The zero-order chi connectivity index (χ0) is 12.8. The third kappa shape index (κ3) is 5.45. The molecule has 2 rings (SSSR count). The zero-order valence-corrected chi connectivity index (χ0v) is 14.8. The maximum Gasteiger partial charge on any atom is 0.191 e. The highest BCUT2D eigenvalue weighted by atomic mass is 127. The summed E-state index contributed by atoms with van der Waals surface area (Å²) in [6.45, 7) is 3.57. The molecule has 104 valence electrons. The highest BCUT2D eigenvalue weighted by Crippen LogP contribution is 2.10. The second-order valence-corrected chi connectivity index (χ2v) is 5.86. The summed E-state index contributed by atoms with van der Waals surface area (Å²) >= 11 is 3.41. The molecule has 2 heterocycles. The predicted molar refractivity (Wildman–Crippen MR) is 93.6 cm³/mol. The molecule has 0 saturated heterocycles. The van der Waals surface area contributed by atoms with Crippen LogP contribution in [-0.4, -0.2) is 18.0 Å². The minimum Gasteiger partial charge on any atom is -0.352 e. The van der Waals surface area contributed by atoms with E-state index in [0.29, 0.717) is 0 Å². The number of nitrogens with zero attached hydrogens (tertiary/aromatic N) is 2. The van der Waals surface area contributed by atoms with Crippen molar-refractivity contribution in [2.75, 3.05) is 7.05 Å². The molecule has 0 aromatic carbocycles. The van der Waals surface area contributed by atoms with Gasteiger partial charge in [0.2, 0.25) is 0 Å². The number of hydrogen-bond acceptors (Lipinski definition) is 4. The molecule has 4 nitrogen and oxygen atoms in total. The Kier molecular flexibility index (Phi) is 7.32. The van der Waals surface area contributed by atoms with Gasteiger partial charge in [-0.25, -0.2) is 4.98 Å². The highest BCUT2D eigenvalue weighted by molar-refractivity contribution is 14.0. The molecule has 0 aliphatic rings. The standard InChI is InChI=1S/C12H16N4S2.HI/c1-9-14-6-11(18-9)7-16-12(13-2)15-5-10-3-4-17-8-10;/h3-4,6,8H,5,7H2,1-2H3,(H2,13,15,16);1H. The highest BCUT2D eigenvalue weighted by Gasteiger charge is 2.01. The predicted octanol–water partition coefficient (Wildman–Crippen LogP) is 3.00. The number of aliphatic imine (C=N–C) groups is 1. The number of aryl methyl sites for hydroxylation is 1. The van der Waals surface area contributed by atoms with Crippen molar-refractivity contribution in [3.05, 3.63) is 38.5 Å². The number of nitrogens with one attached hydrogen (secondary N) is 2. The van der Waals surface area contributed by atoms with Crippen LogP contribution in [-0.2, 0) is 13.1 Å². The first-order chi connectivity index (χ1) is 8.78. The Morgan fingerprint density at radius 3 is 2.74 bits per heavy atom. The van der Waals surface area contributed by atoms with Crippen molar-refractivity contribution < 1.29 is 0 Å². The number of hydrogen-bond donors (Lipinski definition) is 2. The first-order valence-electron chi connectivity index (χ1n) is 5.65. The van der Waals surface area contributed by atoms with Crippen molar-refractivity contribution in [1.29, 1.82) is 0 Å². The summed E-state index contributed by atoms with van der Waals surface area (Å²) in [6, 6.07) is 2.11. The summed E-state index contributed by atoms with van der Waals surface area (Å²) in [7, 11) is 1.78. The Hall–Kier alpha value is -0.670. The van der Waals surface area contributed by atoms with Crippen LogP contribution < -0.4 is 10.6 Å². The first-order valence-corrected chi connectivity index (χ1v) is 7.41. The normalized spacial score (nSPS) is 10.9. The van der Waals surface area contributed by atoms with Crippen LogP contribution >= 0.6 is 46.7 Å². The van der Waals surface area contributed by atoms with Crippen LogP contribution in [0.2, 0.25) is 0 Å². The maximum atomic E-state index is 4.23. The van der Waals surface area contributed by atoms with Gasteiger partial charge in [0.1, 0.15) is 0 Å². The van der Waals surface area contributed by atoms with Crippen LogP contribution in [0.4, 0.5) is 0 Å². The van der Waals surface area contributed by atoms with E-state index in [1.807, 2.05) is 13.1 Å². The quantitative estimate of drug-likeness (QED) is 0.465. The van der Waals surface area contributed by atoms with Gasteiger partial charge >= 0.3 is 0 Å². The van der Waals surface area contributed by atoms with Crippen LogP contribution in [0.5, 0.6) is 0 Å². The smallest absolute Gasteiger partial charge is 0.191 e. The average Bonchev–Trinajstić information content (AvgIpc) is 3.01. The Bertz CT molecular complexity index is 508. The molecule has 0 saturated carbocycles. The van der Waals surface area contributed by atoms with Crippen LogP contribution in [0, 0.1) is 6.92 Å². The molecule has 0 unspecified atom stereocenters. The van der Waals surface area contributed by atoms with Gasteiger partial charge in [0.15, 0.2) is 5.96 Å². The summed E-state index contributed by atoms with van der Waals surface area (Å²) in [6.07, 6.45) is 1.90. The molecule has 0 atom stereocenters. The van der Waals surface area contributed by atoms with Crippen molar-refractivity contribution >= 4 is 52.6 Å². The van der Waals surface area contributed by atoms with Gasteiger partial charge in [0.05, 0.1) is 11.6 Å². The van der Waals surface area contributed by atoms with Gasteiger partial charge in [0.25, 0.3) is 0 Å². The summed E-state index contributed by atoms with van der Waals surface area (Å²) < 4.78 is 0. The van der Waals surface area contributed by atoms with Crippen LogP contribution in [0.1, 0.15) is 15.4 Å². The number of aromatic nitrogens is 1. The van der Waals surface area contributed by atoms with Gasteiger partial charge in [-0.05, 0) is 29.3 Å². The average molecular weight is 408 g/mol. The van der Waals surface area contributed by atoms with Gasteiger partial charge in [-0.2, -0.15) is 11.3 Å². The van der Waals surface area contributed by atoms with Crippen molar-refractivity contribution in [2.24, 2.45) is 4.99 Å². The van der Waals surface area contributed by atoms with Crippen molar-refractivity contribution in [1.82, 2.24) is 15.6 Å². The second kappa shape index (κ2) is 8.49. The number of thiazole rings is 1. The number of thiophene rings is 1. The fraction of sp³-hybridized carbons (Fsp3) is 0.333. The van der Waals surface area contributed by atoms with Gasteiger partial charge in [0, 0.05) is 24.7 Å². The van der Waals surface area contributed by atoms with E-state index in [-0.39, 0.29) is 24.0 Å². The molecule has 0 amide bonds. The Morgan fingerprint density at radius 1 is 1.37 bits per heavy atom. The van der Waals surface area contributed by atoms with E-state index in [1.165, 1.54) is 10.4 Å². The molecule has 2 aromatic rings. The van der Waals surface area contributed by atoms with E-state index in [0.717, 1.165) is 24.1 Å². The van der Waals surface area contributed by atoms with E-state index in [4.69, 9.17) is 0 Å². The number of rotatable bonds is 4. The topological polar surface area (TPSA) is 49.3 Å². The van der Waals surface area contributed by atoms with Crippen LogP contribution in [0.25, 0.3) is 0 Å². The largest absolute Gasteiger partial charge is 0.352 e. The summed E-state index contributed by atoms with van der Waals surface area (Å²) in [5.41, 5.74) is 1.27. The fourth-order valence-electron chi connectivity index (χ4n) is 1.46. The van der Waals surface area contributed by atoms with Gasteiger partial charge in [-0.3, -0.25) is 4.99 Å². The maximum absolute atomic E-state index is 4.23. The molecule has 19 heavy (non-hydrogen) atoms. The van der Waals surface area contributed by atoms with Gasteiger partial charge in [-0.15, -0.1) is 35.3 Å². The second-order valence-electron chi connectivity index (χ2n) is 3.76. The molecule has 0 aliphatic heterocycles. The lowest BCUT2D eigenvalue weighted by molar-refractivity contribution is 0.816. The van der Waals surface area contributed by atoms with E-state index in [2.05, 4.69) is 37.4 Å². The lowest BCUT2D eigenvalue weighted by Crippen LogP contribution is -2.36. The Morgan fingerprint density at radius 2 is 2.16 bits per heavy atom. The van der Waals surface area contributed by atoms with Crippen molar-refractivity contribution in [3.63, 3.8) is 0 Å². The zero-order valence-electron chi connectivity index (χ0n) is 10.8. The SMILES string of the molecule is CN=C(NCc1ccsc1)NCc1cnc(C)s1.I. The molecule has 2 N–H and O–H groups in total. The first kappa shape index (κ1) is 16.4. The van der Waals surface area contributed by atoms with Crippen molar-refractivity contribution in [3.8, 4) is 0 Å². The molecular formula is C12H17IN4S2. The summed E-state index contributed by atoms with van der Waals surface area (Å²) in [5.74, 6) is 0.812. The van der Waals surface area contributed by atoms with Crippen molar-refractivity contribution in [2.45, 2.75) is 20.0 Å². The van der Waals surface area contributed by atoms with E-state index < -0.39 is 0 Å². The molecule has 0 aliphatic carbocycles. The molecule has 0 radical (unpaired) electrons. The summed E-state index contributed by atoms with van der Waals surface area (Å²) in [4.78, 5) is 9.63. The van der Waals surface area contributed by atoms with E-state index in [9.17, 15) is 0 Å².